The van der Waals surface area contributed by atoms with Crippen LogP contribution in [0.15, 0.2) is 48.7 Å². The van der Waals surface area contributed by atoms with E-state index in [0.717, 1.165) is 27.8 Å². The highest BCUT2D eigenvalue weighted by atomic mass is 16.6. The predicted octanol–water partition coefficient (Wildman–Crippen LogP) is 3.28. The van der Waals surface area contributed by atoms with Crippen molar-refractivity contribution >= 4 is 22.7 Å². The molecule has 2 amide bonds. The lowest BCUT2D eigenvalue weighted by atomic mass is 10.0. The highest BCUT2D eigenvalue weighted by molar-refractivity contribution is 5.90. The summed E-state index contributed by atoms with van der Waals surface area (Å²) in [5, 5.41) is 4.00. The van der Waals surface area contributed by atoms with Crippen molar-refractivity contribution in [2.24, 2.45) is 5.92 Å². The molecule has 4 rings (SSSR count). The number of aromatic nitrogens is 1. The number of hydrogen-bond acceptors (Lipinski definition) is 4. The van der Waals surface area contributed by atoms with E-state index < -0.39 is 6.04 Å². The lowest BCUT2D eigenvalue weighted by Crippen LogP contribution is -2.49. The Morgan fingerprint density at radius 1 is 1.09 bits per heavy atom. The fourth-order valence-electron chi connectivity index (χ4n) is 3.86. The van der Waals surface area contributed by atoms with E-state index in [0.29, 0.717) is 31.9 Å². The first-order valence-corrected chi connectivity index (χ1v) is 10.9. The van der Waals surface area contributed by atoms with Gasteiger partial charge in [-0.25, -0.2) is 0 Å². The summed E-state index contributed by atoms with van der Waals surface area (Å²) in [6, 6.07) is 13.0. The first kappa shape index (κ1) is 21.7. The predicted molar refractivity (Wildman–Crippen MR) is 123 cm³/mol. The molecule has 0 radical (unpaired) electrons. The minimum absolute atomic E-state index is 0.140. The van der Waals surface area contributed by atoms with E-state index in [9.17, 15) is 9.59 Å². The Balaban J connectivity index is 1.53. The van der Waals surface area contributed by atoms with Gasteiger partial charge in [0.25, 0.3) is 0 Å². The van der Waals surface area contributed by atoms with E-state index in [1.165, 1.54) is 0 Å². The molecule has 1 aliphatic heterocycles. The van der Waals surface area contributed by atoms with Gasteiger partial charge in [0.05, 0.1) is 0 Å². The van der Waals surface area contributed by atoms with Crippen LogP contribution in [0.1, 0.15) is 25.0 Å². The summed E-state index contributed by atoms with van der Waals surface area (Å²) in [4.78, 5) is 30.8. The van der Waals surface area contributed by atoms with Crippen molar-refractivity contribution in [3.05, 3.63) is 59.8 Å². The fourth-order valence-corrected chi connectivity index (χ4v) is 3.86. The zero-order valence-corrected chi connectivity index (χ0v) is 18.7. The second-order valence-electron chi connectivity index (χ2n) is 8.45. The molecule has 2 N–H and O–H groups in total. The summed E-state index contributed by atoms with van der Waals surface area (Å²) in [7, 11) is 1.75. The Morgan fingerprint density at radius 3 is 2.62 bits per heavy atom. The number of nitrogens with one attached hydrogen (secondary N) is 2. The molecule has 0 fully saturated rings. The zero-order valence-electron chi connectivity index (χ0n) is 18.7. The smallest absolute Gasteiger partial charge is 0.245 e. The minimum Gasteiger partial charge on any atom is -0.486 e. The lowest BCUT2D eigenvalue weighted by Gasteiger charge is -2.26. The van der Waals surface area contributed by atoms with E-state index in [2.05, 4.69) is 10.3 Å². The van der Waals surface area contributed by atoms with E-state index in [1.54, 1.807) is 11.9 Å². The number of ether oxygens (including phenoxy) is 2. The topological polar surface area (TPSA) is 83.7 Å². The Kier molecular flexibility index (Phi) is 6.35. The van der Waals surface area contributed by atoms with Crippen molar-refractivity contribution in [3.8, 4) is 11.5 Å². The van der Waals surface area contributed by atoms with Crippen LogP contribution in [-0.2, 0) is 22.6 Å². The average molecular weight is 436 g/mol. The monoisotopic (exact) mass is 435 g/mol. The summed E-state index contributed by atoms with van der Waals surface area (Å²) in [5.41, 5.74) is 2.94. The first-order valence-electron chi connectivity index (χ1n) is 10.9. The van der Waals surface area contributed by atoms with Crippen LogP contribution in [0, 0.1) is 5.92 Å². The van der Waals surface area contributed by atoms with Crippen LogP contribution in [0.5, 0.6) is 11.5 Å². The fraction of sp³-hybridized carbons (Fsp3) is 0.360. The van der Waals surface area contributed by atoms with Gasteiger partial charge in [0.15, 0.2) is 11.5 Å². The number of H-pyrrole nitrogens is 1. The molecule has 32 heavy (non-hydrogen) atoms. The van der Waals surface area contributed by atoms with Crippen LogP contribution in [-0.4, -0.2) is 48.0 Å². The molecule has 2 heterocycles. The average Bonchev–Trinajstić information content (AvgIpc) is 3.20. The van der Waals surface area contributed by atoms with Gasteiger partial charge < -0.3 is 24.7 Å². The van der Waals surface area contributed by atoms with Gasteiger partial charge in [0.2, 0.25) is 11.8 Å². The van der Waals surface area contributed by atoms with E-state index >= 15 is 0 Å². The van der Waals surface area contributed by atoms with Crippen LogP contribution in [0.4, 0.5) is 0 Å². The van der Waals surface area contributed by atoms with Gasteiger partial charge in [-0.05, 0) is 29.3 Å². The summed E-state index contributed by atoms with van der Waals surface area (Å²) in [5.74, 6) is 0.917. The second-order valence-corrected chi connectivity index (χ2v) is 8.45. The molecule has 1 aliphatic rings. The standard InChI is InChI=1S/C25H29N3O4/c1-16(2)24(29)27-21(13-18-14-26-20-7-5-4-6-19(18)20)25(30)28(3)15-17-8-9-22-23(12-17)32-11-10-31-22/h4-9,12,14,16,21,26H,10-11,13,15H2,1-3H3,(H,27,29). The zero-order chi connectivity index (χ0) is 22.7. The first-order chi connectivity index (χ1) is 15.4. The van der Waals surface area contributed by atoms with Gasteiger partial charge in [-0.3, -0.25) is 9.59 Å². The lowest BCUT2D eigenvalue weighted by molar-refractivity contribution is -0.136. The third-order valence-electron chi connectivity index (χ3n) is 5.64. The van der Waals surface area contributed by atoms with Crippen molar-refractivity contribution < 1.29 is 19.1 Å². The Hall–Kier alpha value is -3.48. The van der Waals surface area contributed by atoms with Crippen molar-refractivity contribution in [1.82, 2.24) is 15.2 Å². The number of carbonyl (C=O) groups excluding carboxylic acids is 2. The molecule has 0 bridgehead atoms. The van der Waals surface area contributed by atoms with Crippen LogP contribution in [0.2, 0.25) is 0 Å². The number of para-hydroxylation sites is 1. The van der Waals surface area contributed by atoms with Crippen molar-refractivity contribution in [3.63, 3.8) is 0 Å². The van der Waals surface area contributed by atoms with Crippen LogP contribution < -0.4 is 14.8 Å². The maximum Gasteiger partial charge on any atom is 0.245 e. The van der Waals surface area contributed by atoms with E-state index in [1.807, 2.05) is 62.5 Å². The largest absolute Gasteiger partial charge is 0.486 e. The van der Waals surface area contributed by atoms with Gasteiger partial charge in [-0.1, -0.05) is 38.1 Å². The number of hydrogen-bond donors (Lipinski definition) is 2. The molecule has 1 aromatic heterocycles. The summed E-state index contributed by atoms with van der Waals surface area (Å²) in [6.07, 6.45) is 2.32. The molecule has 7 nitrogen and oxygen atoms in total. The normalized spacial score (nSPS) is 13.8. The van der Waals surface area contributed by atoms with Crippen LogP contribution >= 0.6 is 0 Å². The maximum atomic E-state index is 13.4. The summed E-state index contributed by atoms with van der Waals surface area (Å²) < 4.78 is 11.2. The molecular weight excluding hydrogens is 406 g/mol. The van der Waals surface area contributed by atoms with E-state index in [4.69, 9.17) is 9.47 Å². The molecule has 0 aliphatic carbocycles. The molecule has 7 heteroatoms. The molecule has 0 saturated carbocycles. The Labute approximate surface area is 187 Å². The SMILES string of the molecule is CC(C)C(=O)NC(Cc1c[nH]c2ccccc12)C(=O)N(C)Cc1ccc2c(c1)OCCO2. The van der Waals surface area contributed by atoms with Crippen LogP contribution in [0.3, 0.4) is 0 Å². The van der Waals surface area contributed by atoms with Gasteiger partial charge >= 0.3 is 0 Å². The third-order valence-corrected chi connectivity index (χ3v) is 5.64. The van der Waals surface area contributed by atoms with Gasteiger partial charge in [-0.15, -0.1) is 0 Å². The number of benzene rings is 2. The highest BCUT2D eigenvalue weighted by Crippen LogP contribution is 2.31. The maximum absolute atomic E-state index is 13.4. The summed E-state index contributed by atoms with van der Waals surface area (Å²) in [6.45, 7) is 5.09. The number of aromatic amines is 1. The minimum atomic E-state index is -0.661. The number of rotatable bonds is 7. The Bertz CT molecular complexity index is 1120. The number of nitrogens with zero attached hydrogens (tertiary/aromatic N) is 1. The number of amides is 2. The van der Waals surface area contributed by atoms with Crippen molar-refractivity contribution in [1.29, 1.82) is 0 Å². The quantitative estimate of drug-likeness (QED) is 0.597. The van der Waals surface area contributed by atoms with Gasteiger partial charge in [0.1, 0.15) is 19.3 Å². The molecule has 0 saturated heterocycles. The second kappa shape index (κ2) is 9.34. The highest BCUT2D eigenvalue weighted by Gasteiger charge is 2.26. The van der Waals surface area contributed by atoms with E-state index in [-0.39, 0.29) is 17.7 Å². The van der Waals surface area contributed by atoms with Gasteiger partial charge in [0, 0.05) is 43.0 Å². The number of fused-ring (bicyclic) bond motifs is 2. The van der Waals surface area contributed by atoms with Crippen molar-refractivity contribution in [2.45, 2.75) is 32.9 Å². The van der Waals surface area contributed by atoms with Crippen molar-refractivity contribution in [2.75, 3.05) is 20.3 Å². The summed E-state index contributed by atoms with van der Waals surface area (Å²) >= 11 is 0. The molecule has 1 unspecified atom stereocenters. The third kappa shape index (κ3) is 4.72. The molecule has 0 spiro atoms. The van der Waals surface area contributed by atoms with Crippen LogP contribution in [0.25, 0.3) is 10.9 Å². The molecule has 168 valence electrons. The molecule has 3 aromatic rings. The molecule has 2 aromatic carbocycles. The van der Waals surface area contributed by atoms with Gasteiger partial charge in [-0.2, -0.15) is 0 Å². The number of carbonyl (C=O) groups is 2. The molecular formula is C25H29N3O4. The number of likely N-dealkylation sites (N-methyl/N-ethyl adjacent to an activating group) is 1. The molecule has 1 atom stereocenters. The Morgan fingerprint density at radius 2 is 1.84 bits per heavy atom.